The first-order valence-corrected chi connectivity index (χ1v) is 10.9. The zero-order valence-corrected chi connectivity index (χ0v) is 18.3. The molecule has 2 N–H and O–H groups in total. The van der Waals surface area contributed by atoms with E-state index in [0.717, 1.165) is 48.8 Å². The van der Waals surface area contributed by atoms with Crippen LogP contribution in [0.5, 0.6) is 0 Å². The van der Waals surface area contributed by atoms with Gasteiger partial charge in [0.25, 0.3) is 5.91 Å². The van der Waals surface area contributed by atoms with Crippen LogP contribution in [-0.2, 0) is 11.3 Å². The third kappa shape index (κ3) is 5.27. The molecule has 0 aromatic heterocycles. The van der Waals surface area contributed by atoms with Crippen molar-refractivity contribution in [2.24, 2.45) is 0 Å². The van der Waals surface area contributed by atoms with Crippen LogP contribution in [0.3, 0.4) is 0 Å². The zero-order valence-electron chi connectivity index (χ0n) is 18.3. The molecule has 3 aromatic carbocycles. The van der Waals surface area contributed by atoms with E-state index in [2.05, 4.69) is 27.7 Å². The molecule has 6 heteroatoms. The second-order valence-corrected chi connectivity index (χ2v) is 7.88. The molecule has 4 rings (SSSR count). The Morgan fingerprint density at radius 1 is 0.812 bits per heavy atom. The Bertz CT molecular complexity index is 1060. The third-order valence-corrected chi connectivity index (χ3v) is 5.70. The number of para-hydroxylation sites is 2. The van der Waals surface area contributed by atoms with Crippen molar-refractivity contribution in [3.05, 3.63) is 90.0 Å². The highest BCUT2D eigenvalue weighted by atomic mass is 16.2. The first-order chi connectivity index (χ1) is 15.6. The van der Waals surface area contributed by atoms with Crippen molar-refractivity contribution in [2.75, 3.05) is 36.4 Å². The number of benzene rings is 3. The van der Waals surface area contributed by atoms with E-state index in [4.69, 9.17) is 0 Å². The maximum atomic E-state index is 12.8. The van der Waals surface area contributed by atoms with Crippen LogP contribution in [0.2, 0.25) is 0 Å². The molecular formula is C26H28N4O2. The van der Waals surface area contributed by atoms with Gasteiger partial charge in [0.15, 0.2) is 0 Å². The minimum atomic E-state index is -0.117. The van der Waals surface area contributed by atoms with Gasteiger partial charge >= 0.3 is 0 Å². The Morgan fingerprint density at radius 2 is 1.47 bits per heavy atom. The summed E-state index contributed by atoms with van der Waals surface area (Å²) in [6, 6.07) is 25.6. The molecule has 1 aliphatic rings. The van der Waals surface area contributed by atoms with Crippen LogP contribution in [0.4, 0.5) is 17.1 Å². The van der Waals surface area contributed by atoms with Gasteiger partial charge in [0.05, 0.1) is 11.3 Å². The van der Waals surface area contributed by atoms with Gasteiger partial charge in [-0.2, -0.15) is 0 Å². The summed E-state index contributed by atoms with van der Waals surface area (Å²) in [6.45, 7) is 5.25. The van der Waals surface area contributed by atoms with E-state index in [1.165, 1.54) is 0 Å². The van der Waals surface area contributed by atoms with E-state index in [0.29, 0.717) is 12.1 Å². The van der Waals surface area contributed by atoms with E-state index in [1.54, 1.807) is 6.92 Å². The fourth-order valence-electron chi connectivity index (χ4n) is 3.85. The molecule has 32 heavy (non-hydrogen) atoms. The van der Waals surface area contributed by atoms with Crippen LogP contribution in [0.1, 0.15) is 22.8 Å². The van der Waals surface area contributed by atoms with E-state index in [9.17, 15) is 9.59 Å². The molecule has 0 aliphatic carbocycles. The SMILES string of the molecule is CC(=O)N1CCN(c2ccc(CNC(=O)c3ccccc3Nc3ccccc3)cc2)CC1. The Balaban J connectivity index is 1.34. The minimum Gasteiger partial charge on any atom is -0.368 e. The molecule has 1 saturated heterocycles. The van der Waals surface area contributed by atoms with E-state index in [-0.39, 0.29) is 11.8 Å². The second kappa shape index (κ2) is 10.0. The fourth-order valence-corrected chi connectivity index (χ4v) is 3.85. The molecule has 164 valence electrons. The monoisotopic (exact) mass is 428 g/mol. The summed E-state index contributed by atoms with van der Waals surface area (Å²) in [5.41, 5.74) is 4.50. The average molecular weight is 429 g/mol. The number of nitrogens with one attached hydrogen (secondary N) is 2. The number of hydrogen-bond acceptors (Lipinski definition) is 4. The molecule has 0 bridgehead atoms. The van der Waals surface area contributed by atoms with E-state index in [1.807, 2.05) is 71.6 Å². The van der Waals surface area contributed by atoms with Gasteiger partial charge in [-0.3, -0.25) is 9.59 Å². The molecule has 6 nitrogen and oxygen atoms in total. The summed E-state index contributed by atoms with van der Waals surface area (Å²) in [5, 5.41) is 6.34. The van der Waals surface area contributed by atoms with Gasteiger partial charge in [-0.05, 0) is 42.0 Å². The summed E-state index contributed by atoms with van der Waals surface area (Å²) in [6.07, 6.45) is 0. The first kappa shape index (κ1) is 21.4. The topological polar surface area (TPSA) is 64.7 Å². The minimum absolute atomic E-state index is 0.117. The van der Waals surface area contributed by atoms with Crippen molar-refractivity contribution >= 4 is 28.9 Å². The van der Waals surface area contributed by atoms with Crippen molar-refractivity contribution in [1.82, 2.24) is 10.2 Å². The summed E-state index contributed by atoms with van der Waals surface area (Å²) in [5.74, 6) is 0.0183. The lowest BCUT2D eigenvalue weighted by atomic mass is 10.1. The number of rotatable bonds is 6. The maximum absolute atomic E-state index is 12.8. The standard InChI is InChI=1S/C26H28N4O2/c1-20(31)29-15-17-30(18-16-29)23-13-11-21(12-14-23)19-27-26(32)24-9-5-6-10-25(24)28-22-7-3-2-4-8-22/h2-14,28H,15-19H2,1H3,(H,27,32). The van der Waals surface area contributed by atoms with E-state index < -0.39 is 0 Å². The maximum Gasteiger partial charge on any atom is 0.253 e. The highest BCUT2D eigenvalue weighted by molar-refractivity contribution is 6.00. The molecule has 0 radical (unpaired) electrons. The Hall–Kier alpha value is -3.80. The Kier molecular flexibility index (Phi) is 6.70. The summed E-state index contributed by atoms with van der Waals surface area (Å²) >= 11 is 0. The van der Waals surface area contributed by atoms with Crippen LogP contribution >= 0.6 is 0 Å². The average Bonchev–Trinajstić information content (AvgIpc) is 2.84. The molecular weight excluding hydrogens is 400 g/mol. The van der Waals surface area contributed by atoms with Crippen molar-refractivity contribution in [1.29, 1.82) is 0 Å². The molecule has 0 spiro atoms. The van der Waals surface area contributed by atoms with Crippen molar-refractivity contribution < 1.29 is 9.59 Å². The lowest BCUT2D eigenvalue weighted by Gasteiger charge is -2.35. The number of piperazine rings is 1. The number of nitrogens with zero attached hydrogens (tertiary/aromatic N) is 2. The molecule has 0 atom stereocenters. The summed E-state index contributed by atoms with van der Waals surface area (Å²) < 4.78 is 0. The van der Waals surface area contributed by atoms with Gasteiger partial charge in [-0.1, -0.05) is 42.5 Å². The third-order valence-electron chi connectivity index (χ3n) is 5.70. The molecule has 1 fully saturated rings. The van der Waals surface area contributed by atoms with Gasteiger partial charge in [0.1, 0.15) is 0 Å². The number of carbonyl (C=O) groups is 2. The lowest BCUT2D eigenvalue weighted by molar-refractivity contribution is -0.129. The van der Waals surface area contributed by atoms with Crippen molar-refractivity contribution in [3.63, 3.8) is 0 Å². The number of carbonyl (C=O) groups excluding carboxylic acids is 2. The highest BCUT2D eigenvalue weighted by Gasteiger charge is 2.18. The van der Waals surface area contributed by atoms with Gasteiger partial charge in [0, 0.05) is 51.0 Å². The van der Waals surface area contributed by atoms with Crippen LogP contribution < -0.4 is 15.5 Å². The van der Waals surface area contributed by atoms with Gasteiger partial charge < -0.3 is 20.4 Å². The Morgan fingerprint density at radius 3 is 2.16 bits per heavy atom. The molecule has 3 aromatic rings. The van der Waals surface area contributed by atoms with Crippen LogP contribution in [-0.4, -0.2) is 42.9 Å². The van der Waals surface area contributed by atoms with Gasteiger partial charge in [-0.25, -0.2) is 0 Å². The first-order valence-electron chi connectivity index (χ1n) is 10.9. The van der Waals surface area contributed by atoms with Crippen LogP contribution in [0.25, 0.3) is 0 Å². The molecule has 0 saturated carbocycles. The fraction of sp³-hybridized carbons (Fsp3) is 0.231. The number of hydrogen-bond donors (Lipinski definition) is 2. The number of anilines is 3. The molecule has 0 unspecified atom stereocenters. The lowest BCUT2D eigenvalue weighted by Crippen LogP contribution is -2.48. The van der Waals surface area contributed by atoms with Crippen LogP contribution in [0, 0.1) is 0 Å². The largest absolute Gasteiger partial charge is 0.368 e. The van der Waals surface area contributed by atoms with Crippen molar-refractivity contribution in [2.45, 2.75) is 13.5 Å². The summed E-state index contributed by atoms with van der Waals surface area (Å²) in [7, 11) is 0. The molecule has 2 amide bonds. The van der Waals surface area contributed by atoms with E-state index >= 15 is 0 Å². The smallest absolute Gasteiger partial charge is 0.253 e. The quantitative estimate of drug-likeness (QED) is 0.622. The van der Waals surface area contributed by atoms with Crippen molar-refractivity contribution in [3.8, 4) is 0 Å². The zero-order chi connectivity index (χ0) is 22.3. The predicted molar refractivity (Wildman–Crippen MR) is 128 cm³/mol. The second-order valence-electron chi connectivity index (χ2n) is 7.88. The summed E-state index contributed by atoms with van der Waals surface area (Å²) in [4.78, 5) is 28.5. The molecule has 1 aliphatic heterocycles. The van der Waals surface area contributed by atoms with Gasteiger partial charge in [0.2, 0.25) is 5.91 Å². The molecule has 1 heterocycles. The predicted octanol–water partition coefficient (Wildman–Crippen LogP) is 4.03. The van der Waals surface area contributed by atoms with Gasteiger partial charge in [-0.15, -0.1) is 0 Å². The van der Waals surface area contributed by atoms with Crippen LogP contribution in [0.15, 0.2) is 78.9 Å². The normalized spacial score (nSPS) is 13.5. The Labute approximate surface area is 188 Å². The number of amides is 2. The highest BCUT2D eigenvalue weighted by Crippen LogP contribution is 2.21.